The Morgan fingerprint density at radius 1 is 1.53 bits per heavy atom. The van der Waals surface area contributed by atoms with Crippen molar-refractivity contribution < 1.29 is 14.4 Å². The molecule has 1 aliphatic carbocycles. The van der Waals surface area contributed by atoms with E-state index in [-0.39, 0.29) is 0 Å². The van der Waals surface area contributed by atoms with Gasteiger partial charge in [0.1, 0.15) is 11.5 Å². The Morgan fingerprint density at radius 3 is 2.88 bits per heavy atom. The zero-order valence-electron chi connectivity index (χ0n) is 10.2. The predicted octanol–water partition coefficient (Wildman–Crippen LogP) is 2.83. The highest BCUT2D eigenvalue weighted by atomic mass is 16.5. The monoisotopic (exact) mass is 237 g/mol. The van der Waals surface area contributed by atoms with Crippen LogP contribution in [0.2, 0.25) is 0 Å². The van der Waals surface area contributed by atoms with Crippen LogP contribution < -0.4 is 5.48 Å². The molecule has 1 amide bonds. The standard InChI is InChI=1S/C13H19NO3/c1-9-12(13(15)14-16)8-11(17-9)7-6-10-4-2-3-5-10/h8,10,16H,2-7H2,1H3,(H,14,15). The normalized spacial score (nSPS) is 16.4. The van der Waals surface area contributed by atoms with Crippen molar-refractivity contribution in [3.05, 3.63) is 23.2 Å². The smallest absolute Gasteiger partial charge is 0.278 e. The van der Waals surface area contributed by atoms with E-state index in [0.717, 1.165) is 24.5 Å². The van der Waals surface area contributed by atoms with Crippen LogP contribution in [0.1, 0.15) is 54.0 Å². The molecule has 17 heavy (non-hydrogen) atoms. The van der Waals surface area contributed by atoms with Crippen LogP contribution in [0.25, 0.3) is 0 Å². The van der Waals surface area contributed by atoms with Crippen LogP contribution in [0.3, 0.4) is 0 Å². The highest BCUT2D eigenvalue weighted by molar-refractivity contribution is 5.94. The molecule has 0 aromatic carbocycles. The molecule has 1 heterocycles. The molecule has 94 valence electrons. The van der Waals surface area contributed by atoms with Crippen LogP contribution >= 0.6 is 0 Å². The van der Waals surface area contributed by atoms with Crippen molar-refractivity contribution in [3.63, 3.8) is 0 Å². The Balaban J connectivity index is 1.94. The number of rotatable bonds is 4. The number of amides is 1. The Bertz CT molecular complexity index is 391. The lowest BCUT2D eigenvalue weighted by atomic mass is 10.0. The number of hydrogen-bond acceptors (Lipinski definition) is 3. The third-order valence-electron chi connectivity index (χ3n) is 3.59. The largest absolute Gasteiger partial charge is 0.466 e. The van der Waals surface area contributed by atoms with Gasteiger partial charge in [-0.2, -0.15) is 0 Å². The number of nitrogens with one attached hydrogen (secondary N) is 1. The molecule has 1 aromatic heterocycles. The molecule has 0 atom stereocenters. The van der Waals surface area contributed by atoms with E-state index in [0.29, 0.717) is 11.3 Å². The summed E-state index contributed by atoms with van der Waals surface area (Å²) in [5.74, 6) is 1.72. The number of aryl methyl sites for hydroxylation is 2. The topological polar surface area (TPSA) is 62.5 Å². The summed E-state index contributed by atoms with van der Waals surface area (Å²) in [4.78, 5) is 11.3. The lowest BCUT2D eigenvalue weighted by Crippen LogP contribution is -2.18. The molecule has 0 bridgehead atoms. The van der Waals surface area contributed by atoms with Gasteiger partial charge in [-0.25, -0.2) is 5.48 Å². The maximum Gasteiger partial charge on any atom is 0.278 e. The molecule has 2 rings (SSSR count). The second-order valence-corrected chi connectivity index (χ2v) is 4.81. The van der Waals surface area contributed by atoms with E-state index in [1.165, 1.54) is 25.7 Å². The average Bonchev–Trinajstić information content (AvgIpc) is 2.94. The van der Waals surface area contributed by atoms with E-state index in [9.17, 15) is 4.79 Å². The molecule has 0 spiro atoms. The molecule has 2 N–H and O–H groups in total. The van der Waals surface area contributed by atoms with Crippen molar-refractivity contribution in [2.45, 2.75) is 45.4 Å². The fraction of sp³-hybridized carbons (Fsp3) is 0.615. The number of hydrogen-bond donors (Lipinski definition) is 2. The molecular formula is C13H19NO3. The van der Waals surface area contributed by atoms with Gasteiger partial charge in [0.05, 0.1) is 5.56 Å². The zero-order chi connectivity index (χ0) is 12.3. The first-order valence-corrected chi connectivity index (χ1v) is 6.24. The molecule has 1 fully saturated rings. The summed E-state index contributed by atoms with van der Waals surface area (Å²) < 4.78 is 5.53. The predicted molar refractivity (Wildman–Crippen MR) is 63.0 cm³/mol. The van der Waals surface area contributed by atoms with Gasteiger partial charge in [0.15, 0.2) is 0 Å². The van der Waals surface area contributed by atoms with Gasteiger partial charge in [-0.3, -0.25) is 10.0 Å². The summed E-state index contributed by atoms with van der Waals surface area (Å²) in [7, 11) is 0. The van der Waals surface area contributed by atoms with Crippen molar-refractivity contribution in [2.75, 3.05) is 0 Å². The fourth-order valence-corrected chi connectivity index (χ4v) is 2.60. The van der Waals surface area contributed by atoms with E-state index < -0.39 is 5.91 Å². The van der Waals surface area contributed by atoms with Gasteiger partial charge >= 0.3 is 0 Å². The highest BCUT2D eigenvalue weighted by Gasteiger charge is 2.18. The molecular weight excluding hydrogens is 218 g/mol. The van der Waals surface area contributed by atoms with Gasteiger partial charge in [0.25, 0.3) is 5.91 Å². The first kappa shape index (κ1) is 12.2. The minimum Gasteiger partial charge on any atom is -0.466 e. The van der Waals surface area contributed by atoms with Crippen LogP contribution in [0, 0.1) is 12.8 Å². The van der Waals surface area contributed by atoms with E-state index in [1.54, 1.807) is 18.5 Å². The van der Waals surface area contributed by atoms with Crippen LogP contribution in [-0.2, 0) is 6.42 Å². The molecule has 1 aliphatic rings. The number of furan rings is 1. The summed E-state index contributed by atoms with van der Waals surface area (Å²) in [5, 5.41) is 8.58. The summed E-state index contributed by atoms with van der Waals surface area (Å²) in [6, 6.07) is 1.73. The molecule has 4 heteroatoms. The third-order valence-corrected chi connectivity index (χ3v) is 3.59. The number of hydroxylamine groups is 1. The van der Waals surface area contributed by atoms with Gasteiger partial charge in [-0.15, -0.1) is 0 Å². The lowest BCUT2D eigenvalue weighted by Gasteiger charge is -2.05. The van der Waals surface area contributed by atoms with Crippen LogP contribution in [0.5, 0.6) is 0 Å². The minimum atomic E-state index is -0.502. The molecule has 4 nitrogen and oxygen atoms in total. The third kappa shape index (κ3) is 2.88. The Hall–Kier alpha value is -1.29. The van der Waals surface area contributed by atoms with Gasteiger partial charge in [-0.05, 0) is 25.3 Å². The van der Waals surface area contributed by atoms with E-state index in [1.807, 2.05) is 0 Å². The molecule has 0 unspecified atom stereocenters. The van der Waals surface area contributed by atoms with E-state index in [4.69, 9.17) is 9.62 Å². The molecule has 0 aliphatic heterocycles. The lowest BCUT2D eigenvalue weighted by molar-refractivity contribution is 0.0704. The molecule has 0 radical (unpaired) electrons. The minimum absolute atomic E-state index is 0.425. The Morgan fingerprint density at radius 2 is 2.24 bits per heavy atom. The number of carbonyl (C=O) groups is 1. The number of carbonyl (C=O) groups excluding carboxylic acids is 1. The van der Waals surface area contributed by atoms with Crippen LogP contribution in [0.15, 0.2) is 10.5 Å². The Kier molecular flexibility index (Phi) is 3.84. The SMILES string of the molecule is Cc1oc(CCC2CCCC2)cc1C(=O)NO. The summed E-state index contributed by atoms with van der Waals surface area (Å²) in [5.41, 5.74) is 2.06. The summed E-state index contributed by atoms with van der Waals surface area (Å²) >= 11 is 0. The maximum atomic E-state index is 11.3. The molecule has 1 saturated carbocycles. The van der Waals surface area contributed by atoms with Crippen molar-refractivity contribution in [1.29, 1.82) is 0 Å². The summed E-state index contributed by atoms with van der Waals surface area (Å²) in [6.45, 7) is 1.74. The van der Waals surface area contributed by atoms with Gasteiger partial charge < -0.3 is 4.42 Å². The van der Waals surface area contributed by atoms with Crippen LogP contribution in [-0.4, -0.2) is 11.1 Å². The quantitative estimate of drug-likeness (QED) is 0.625. The van der Waals surface area contributed by atoms with Crippen molar-refractivity contribution in [2.24, 2.45) is 5.92 Å². The zero-order valence-corrected chi connectivity index (χ0v) is 10.2. The van der Waals surface area contributed by atoms with Gasteiger partial charge in [0.2, 0.25) is 0 Å². The van der Waals surface area contributed by atoms with E-state index in [2.05, 4.69) is 0 Å². The van der Waals surface area contributed by atoms with Crippen molar-refractivity contribution in [3.8, 4) is 0 Å². The van der Waals surface area contributed by atoms with Gasteiger partial charge in [0, 0.05) is 6.42 Å². The van der Waals surface area contributed by atoms with Crippen molar-refractivity contribution in [1.82, 2.24) is 5.48 Å². The highest BCUT2D eigenvalue weighted by Crippen LogP contribution is 2.29. The average molecular weight is 237 g/mol. The second kappa shape index (κ2) is 5.36. The Labute approximate surface area is 101 Å². The molecule has 1 aromatic rings. The first-order chi connectivity index (χ1) is 8.20. The van der Waals surface area contributed by atoms with E-state index >= 15 is 0 Å². The second-order valence-electron chi connectivity index (χ2n) is 4.81. The molecule has 0 saturated heterocycles. The van der Waals surface area contributed by atoms with Crippen LogP contribution in [0.4, 0.5) is 0 Å². The maximum absolute atomic E-state index is 11.3. The first-order valence-electron chi connectivity index (χ1n) is 6.24. The van der Waals surface area contributed by atoms with Crippen molar-refractivity contribution >= 4 is 5.91 Å². The van der Waals surface area contributed by atoms with Gasteiger partial charge in [-0.1, -0.05) is 25.7 Å². The summed E-state index contributed by atoms with van der Waals surface area (Å²) in [6.07, 6.45) is 7.35. The fourth-order valence-electron chi connectivity index (χ4n) is 2.60.